The molecule has 0 bridgehead atoms. The molecule has 3 aromatic rings. The van der Waals surface area contributed by atoms with E-state index in [2.05, 4.69) is 10.3 Å². The van der Waals surface area contributed by atoms with Crippen LogP contribution in [0.5, 0.6) is 0 Å². The van der Waals surface area contributed by atoms with Crippen LogP contribution < -0.4 is 15.9 Å². The van der Waals surface area contributed by atoms with Gasteiger partial charge in [0, 0.05) is 25.2 Å². The Kier molecular flexibility index (Phi) is 4.50. The maximum atomic E-state index is 12.7. The van der Waals surface area contributed by atoms with Gasteiger partial charge in [0.1, 0.15) is 6.04 Å². The van der Waals surface area contributed by atoms with Gasteiger partial charge in [0.05, 0.1) is 11.0 Å². The van der Waals surface area contributed by atoms with E-state index in [9.17, 15) is 14.4 Å². The molecule has 2 heterocycles. The lowest BCUT2D eigenvalue weighted by molar-refractivity contribution is -0.123. The van der Waals surface area contributed by atoms with Crippen molar-refractivity contribution >= 4 is 28.5 Å². The Hall–Kier alpha value is -3.35. The lowest BCUT2D eigenvalue weighted by Gasteiger charge is -2.24. The predicted octanol–water partition coefficient (Wildman–Crippen LogP) is 1.64. The Morgan fingerprint density at radius 2 is 1.81 bits per heavy atom. The summed E-state index contributed by atoms with van der Waals surface area (Å²) in [4.78, 5) is 41.3. The Bertz CT molecular complexity index is 1040. The maximum absolute atomic E-state index is 12.7. The Morgan fingerprint density at radius 1 is 1.07 bits per heavy atom. The number of H-pyrrole nitrogens is 1. The van der Waals surface area contributed by atoms with Crippen LogP contribution in [0.1, 0.15) is 12.8 Å². The molecule has 4 rings (SSSR count). The van der Waals surface area contributed by atoms with Crippen molar-refractivity contribution in [3.8, 4) is 0 Å². The number of anilines is 1. The van der Waals surface area contributed by atoms with Crippen molar-refractivity contribution in [2.75, 3.05) is 11.4 Å². The van der Waals surface area contributed by atoms with Gasteiger partial charge in [-0.25, -0.2) is 4.79 Å². The first kappa shape index (κ1) is 17.1. The van der Waals surface area contributed by atoms with Gasteiger partial charge in [0.25, 0.3) is 0 Å². The molecule has 0 aliphatic carbocycles. The fourth-order valence-corrected chi connectivity index (χ4v) is 3.58. The highest BCUT2D eigenvalue weighted by Crippen LogP contribution is 2.26. The summed E-state index contributed by atoms with van der Waals surface area (Å²) in [5.74, 6) is -0.244. The third-order valence-electron chi connectivity index (χ3n) is 4.87. The number of rotatable bonds is 5. The van der Waals surface area contributed by atoms with E-state index in [1.54, 1.807) is 9.47 Å². The molecule has 7 heteroatoms. The molecule has 1 saturated heterocycles. The summed E-state index contributed by atoms with van der Waals surface area (Å²) >= 11 is 0. The summed E-state index contributed by atoms with van der Waals surface area (Å²) in [6.45, 7) is 0.675. The standard InChI is InChI=1S/C20H20N4O3/c25-18-11-10-17(24(18)14-6-2-1-3-7-14)19(26)21-12-13-23-16-9-5-4-8-15(16)22-20(23)27/h1-9,17H,10-13H2,(H,21,26)(H,22,27). The van der Waals surface area contributed by atoms with E-state index in [0.717, 1.165) is 16.7 Å². The minimum Gasteiger partial charge on any atom is -0.353 e. The second kappa shape index (κ2) is 7.11. The number of aromatic amines is 1. The minimum atomic E-state index is -0.514. The second-order valence-corrected chi connectivity index (χ2v) is 6.54. The van der Waals surface area contributed by atoms with Crippen molar-refractivity contribution in [2.24, 2.45) is 0 Å². The molecule has 1 unspecified atom stereocenters. The lowest BCUT2D eigenvalue weighted by Crippen LogP contribution is -2.45. The fraction of sp³-hybridized carbons (Fsp3) is 0.250. The number of amides is 2. The summed E-state index contributed by atoms with van der Waals surface area (Å²) in [6.07, 6.45) is 0.849. The van der Waals surface area contributed by atoms with E-state index in [4.69, 9.17) is 0 Å². The van der Waals surface area contributed by atoms with E-state index in [-0.39, 0.29) is 17.5 Å². The molecule has 7 nitrogen and oxygen atoms in total. The molecular weight excluding hydrogens is 344 g/mol. The van der Waals surface area contributed by atoms with Crippen LogP contribution in [-0.2, 0) is 16.1 Å². The molecule has 2 amide bonds. The number of fused-ring (bicyclic) bond motifs is 1. The van der Waals surface area contributed by atoms with Crippen molar-refractivity contribution in [3.05, 3.63) is 65.1 Å². The molecule has 0 saturated carbocycles. The molecule has 1 aliphatic heterocycles. The summed E-state index contributed by atoms with van der Waals surface area (Å²) < 4.78 is 1.60. The van der Waals surface area contributed by atoms with Crippen LogP contribution in [0.2, 0.25) is 0 Å². The monoisotopic (exact) mass is 364 g/mol. The first-order valence-electron chi connectivity index (χ1n) is 8.97. The van der Waals surface area contributed by atoms with Gasteiger partial charge in [-0.1, -0.05) is 30.3 Å². The molecule has 138 valence electrons. The number of carbonyl (C=O) groups is 2. The number of aromatic nitrogens is 2. The number of hydrogen-bond donors (Lipinski definition) is 2. The highest BCUT2D eigenvalue weighted by molar-refractivity contribution is 6.03. The molecule has 0 spiro atoms. The first-order chi connectivity index (χ1) is 13.1. The second-order valence-electron chi connectivity index (χ2n) is 6.54. The van der Waals surface area contributed by atoms with E-state index in [1.165, 1.54) is 0 Å². The number of hydrogen-bond acceptors (Lipinski definition) is 3. The number of nitrogens with one attached hydrogen (secondary N) is 2. The van der Waals surface area contributed by atoms with Crippen molar-refractivity contribution < 1.29 is 9.59 Å². The molecule has 1 fully saturated rings. The first-order valence-corrected chi connectivity index (χ1v) is 8.97. The fourth-order valence-electron chi connectivity index (χ4n) is 3.58. The van der Waals surface area contributed by atoms with Crippen LogP contribution in [0.4, 0.5) is 5.69 Å². The van der Waals surface area contributed by atoms with Gasteiger partial charge >= 0.3 is 5.69 Å². The van der Waals surface area contributed by atoms with Gasteiger partial charge in [-0.15, -0.1) is 0 Å². The van der Waals surface area contributed by atoms with Crippen molar-refractivity contribution in [1.29, 1.82) is 0 Å². The van der Waals surface area contributed by atoms with Crippen molar-refractivity contribution in [1.82, 2.24) is 14.9 Å². The zero-order valence-electron chi connectivity index (χ0n) is 14.7. The number of nitrogens with zero attached hydrogens (tertiary/aromatic N) is 2. The quantitative estimate of drug-likeness (QED) is 0.722. The van der Waals surface area contributed by atoms with Crippen LogP contribution in [0, 0.1) is 0 Å². The molecule has 1 atom stereocenters. The molecule has 2 N–H and O–H groups in total. The Labute approximate surface area is 155 Å². The summed E-state index contributed by atoms with van der Waals surface area (Å²) in [7, 11) is 0. The van der Waals surface area contributed by atoms with Crippen LogP contribution in [0.25, 0.3) is 11.0 Å². The molecule has 0 radical (unpaired) electrons. The number of imidazole rings is 1. The van der Waals surface area contributed by atoms with Gasteiger partial charge < -0.3 is 10.3 Å². The molecule has 1 aromatic heterocycles. The Balaban J connectivity index is 1.44. The topological polar surface area (TPSA) is 87.2 Å². The van der Waals surface area contributed by atoms with Crippen LogP contribution in [0.15, 0.2) is 59.4 Å². The van der Waals surface area contributed by atoms with Crippen LogP contribution in [-0.4, -0.2) is 34.0 Å². The van der Waals surface area contributed by atoms with Crippen molar-refractivity contribution in [2.45, 2.75) is 25.4 Å². The average Bonchev–Trinajstić information content (AvgIpc) is 3.22. The predicted molar refractivity (Wildman–Crippen MR) is 103 cm³/mol. The van der Waals surface area contributed by atoms with Crippen molar-refractivity contribution in [3.63, 3.8) is 0 Å². The molecule has 27 heavy (non-hydrogen) atoms. The summed E-state index contributed by atoms with van der Waals surface area (Å²) in [6, 6.07) is 16.1. The zero-order valence-corrected chi connectivity index (χ0v) is 14.7. The lowest BCUT2D eigenvalue weighted by atomic mass is 10.2. The smallest absolute Gasteiger partial charge is 0.326 e. The van der Waals surface area contributed by atoms with Gasteiger partial charge in [0.2, 0.25) is 11.8 Å². The van der Waals surface area contributed by atoms with Crippen LogP contribution in [0.3, 0.4) is 0 Å². The van der Waals surface area contributed by atoms with E-state index in [0.29, 0.717) is 25.9 Å². The number of benzene rings is 2. The van der Waals surface area contributed by atoms with Gasteiger partial charge in [-0.3, -0.25) is 19.1 Å². The average molecular weight is 364 g/mol. The molecular formula is C20H20N4O3. The van der Waals surface area contributed by atoms with Gasteiger partial charge in [-0.05, 0) is 30.7 Å². The normalized spacial score (nSPS) is 16.8. The maximum Gasteiger partial charge on any atom is 0.326 e. The summed E-state index contributed by atoms with van der Waals surface area (Å²) in [5.41, 5.74) is 2.10. The highest BCUT2D eigenvalue weighted by atomic mass is 16.2. The van der Waals surface area contributed by atoms with Crippen LogP contribution >= 0.6 is 0 Å². The number of para-hydroxylation sites is 3. The van der Waals surface area contributed by atoms with E-state index in [1.807, 2.05) is 54.6 Å². The third kappa shape index (κ3) is 3.23. The van der Waals surface area contributed by atoms with E-state index >= 15 is 0 Å². The largest absolute Gasteiger partial charge is 0.353 e. The minimum absolute atomic E-state index is 0.0470. The highest BCUT2D eigenvalue weighted by Gasteiger charge is 2.36. The summed E-state index contributed by atoms with van der Waals surface area (Å²) in [5, 5.41) is 2.87. The van der Waals surface area contributed by atoms with Gasteiger partial charge in [-0.2, -0.15) is 0 Å². The number of carbonyl (C=O) groups excluding carboxylic acids is 2. The van der Waals surface area contributed by atoms with E-state index < -0.39 is 6.04 Å². The molecule has 2 aromatic carbocycles. The zero-order chi connectivity index (χ0) is 18.8. The molecule has 1 aliphatic rings. The third-order valence-corrected chi connectivity index (χ3v) is 4.87. The van der Waals surface area contributed by atoms with Gasteiger partial charge in [0.15, 0.2) is 0 Å². The SMILES string of the molecule is O=C(NCCn1c(=O)[nH]c2ccccc21)C1CCC(=O)N1c1ccccc1. The Morgan fingerprint density at radius 3 is 2.63 bits per heavy atom.